The molecule has 1 amide bonds. The third-order valence-corrected chi connectivity index (χ3v) is 2.44. The summed E-state index contributed by atoms with van der Waals surface area (Å²) in [6, 6.07) is 0.389. The minimum absolute atomic E-state index is 0.182. The summed E-state index contributed by atoms with van der Waals surface area (Å²) in [4.78, 5) is 13.4. The Balaban J connectivity index is 2.61. The molecule has 0 spiro atoms. The van der Waals surface area contributed by atoms with Crippen LogP contribution < -0.4 is 0 Å². The van der Waals surface area contributed by atoms with Gasteiger partial charge in [0.25, 0.3) is 0 Å². The Morgan fingerprint density at radius 2 is 2.42 bits per heavy atom. The third-order valence-electron chi connectivity index (χ3n) is 2.44. The van der Waals surface area contributed by atoms with E-state index in [-0.39, 0.29) is 5.91 Å². The highest BCUT2D eigenvalue weighted by molar-refractivity contribution is 5.88. The van der Waals surface area contributed by atoms with Gasteiger partial charge in [0.2, 0.25) is 5.91 Å². The molecule has 0 bridgehead atoms. The molecule has 0 saturated carbocycles. The van der Waals surface area contributed by atoms with Crippen LogP contribution in [-0.4, -0.2) is 23.4 Å². The lowest BCUT2D eigenvalue weighted by molar-refractivity contribution is -0.127. The van der Waals surface area contributed by atoms with Crippen molar-refractivity contribution in [3.05, 3.63) is 12.2 Å². The molecule has 0 aromatic carbocycles. The highest BCUT2D eigenvalue weighted by atomic mass is 16.2. The predicted molar refractivity (Wildman–Crippen MR) is 49.8 cm³/mol. The smallest absolute Gasteiger partial charge is 0.246 e. The first-order chi connectivity index (χ1) is 5.75. The highest BCUT2D eigenvalue weighted by Crippen LogP contribution is 2.10. The number of hydrogen-bond acceptors (Lipinski definition) is 1. The zero-order valence-corrected chi connectivity index (χ0v) is 7.92. The van der Waals surface area contributed by atoms with E-state index in [1.54, 1.807) is 6.08 Å². The fourth-order valence-corrected chi connectivity index (χ4v) is 1.43. The van der Waals surface area contributed by atoms with Crippen LogP contribution in [-0.2, 0) is 4.79 Å². The van der Waals surface area contributed by atoms with Crippen LogP contribution in [0.2, 0.25) is 0 Å². The Morgan fingerprint density at radius 3 is 3.08 bits per heavy atom. The van der Waals surface area contributed by atoms with Crippen molar-refractivity contribution in [3.8, 4) is 0 Å². The van der Waals surface area contributed by atoms with Crippen molar-refractivity contribution >= 4 is 5.91 Å². The first-order valence-corrected chi connectivity index (χ1v) is 4.73. The molecular weight excluding hydrogens is 150 g/mol. The summed E-state index contributed by atoms with van der Waals surface area (Å²) in [6.07, 6.45) is 6.87. The standard InChI is InChI=1S/C10H17NO/c1-3-9(2)11-8-6-4-5-7-10(11)12/h5,7,9H,3-4,6,8H2,1-2H3. The molecule has 12 heavy (non-hydrogen) atoms. The molecule has 0 saturated heterocycles. The van der Waals surface area contributed by atoms with Gasteiger partial charge in [0.15, 0.2) is 0 Å². The SMILES string of the molecule is CCC(C)N1CCCC=CC1=O. The van der Waals surface area contributed by atoms with Gasteiger partial charge in [0, 0.05) is 12.6 Å². The molecule has 1 atom stereocenters. The zero-order valence-electron chi connectivity index (χ0n) is 7.92. The van der Waals surface area contributed by atoms with Gasteiger partial charge in [-0.2, -0.15) is 0 Å². The van der Waals surface area contributed by atoms with Crippen LogP contribution in [0.4, 0.5) is 0 Å². The molecule has 68 valence electrons. The molecule has 1 rings (SSSR count). The lowest BCUT2D eigenvalue weighted by Gasteiger charge is -2.26. The second-order valence-corrected chi connectivity index (χ2v) is 3.33. The van der Waals surface area contributed by atoms with E-state index in [1.807, 2.05) is 11.0 Å². The van der Waals surface area contributed by atoms with Gasteiger partial charge in [-0.25, -0.2) is 0 Å². The molecule has 2 heteroatoms. The second-order valence-electron chi connectivity index (χ2n) is 3.33. The summed E-state index contributed by atoms with van der Waals surface area (Å²) in [5.41, 5.74) is 0. The average Bonchev–Trinajstić information content (AvgIpc) is 2.28. The van der Waals surface area contributed by atoms with Crippen molar-refractivity contribution in [1.29, 1.82) is 0 Å². The topological polar surface area (TPSA) is 20.3 Å². The van der Waals surface area contributed by atoms with Gasteiger partial charge in [-0.3, -0.25) is 4.79 Å². The maximum atomic E-state index is 11.5. The molecule has 0 aromatic heterocycles. The average molecular weight is 167 g/mol. The fraction of sp³-hybridized carbons (Fsp3) is 0.700. The van der Waals surface area contributed by atoms with Crippen molar-refractivity contribution in [1.82, 2.24) is 4.90 Å². The molecule has 0 aliphatic carbocycles. The normalized spacial score (nSPS) is 20.8. The predicted octanol–water partition coefficient (Wildman–Crippen LogP) is 1.96. The van der Waals surface area contributed by atoms with E-state index in [1.165, 1.54) is 0 Å². The largest absolute Gasteiger partial charge is 0.336 e. The summed E-state index contributed by atoms with van der Waals surface area (Å²) in [5.74, 6) is 0.182. The molecule has 0 fully saturated rings. The fourth-order valence-electron chi connectivity index (χ4n) is 1.43. The minimum Gasteiger partial charge on any atom is -0.336 e. The molecular formula is C10H17NO. The Labute approximate surface area is 74.2 Å². The van der Waals surface area contributed by atoms with Crippen LogP contribution in [0.25, 0.3) is 0 Å². The van der Waals surface area contributed by atoms with Gasteiger partial charge >= 0.3 is 0 Å². The number of nitrogens with zero attached hydrogens (tertiary/aromatic N) is 1. The molecule has 1 unspecified atom stereocenters. The summed E-state index contributed by atoms with van der Waals surface area (Å²) >= 11 is 0. The first-order valence-electron chi connectivity index (χ1n) is 4.73. The Hall–Kier alpha value is -0.790. The van der Waals surface area contributed by atoms with Crippen LogP contribution in [0.5, 0.6) is 0 Å². The van der Waals surface area contributed by atoms with Crippen molar-refractivity contribution in [3.63, 3.8) is 0 Å². The number of amides is 1. The third kappa shape index (κ3) is 2.10. The summed E-state index contributed by atoms with van der Waals surface area (Å²) in [7, 11) is 0. The Kier molecular flexibility index (Phi) is 3.32. The Bertz CT molecular complexity index is 186. The van der Waals surface area contributed by atoms with Crippen LogP contribution in [0.15, 0.2) is 12.2 Å². The van der Waals surface area contributed by atoms with Crippen molar-refractivity contribution in [2.45, 2.75) is 39.2 Å². The zero-order chi connectivity index (χ0) is 8.97. The first kappa shape index (κ1) is 9.30. The lowest BCUT2D eigenvalue weighted by atomic mass is 10.2. The van der Waals surface area contributed by atoms with Crippen LogP contribution in [0.1, 0.15) is 33.1 Å². The summed E-state index contributed by atoms with van der Waals surface area (Å²) < 4.78 is 0. The van der Waals surface area contributed by atoms with Gasteiger partial charge in [-0.05, 0) is 32.3 Å². The van der Waals surface area contributed by atoms with Crippen molar-refractivity contribution in [2.24, 2.45) is 0 Å². The second kappa shape index (κ2) is 4.29. The highest BCUT2D eigenvalue weighted by Gasteiger charge is 2.17. The van der Waals surface area contributed by atoms with E-state index in [9.17, 15) is 4.79 Å². The van der Waals surface area contributed by atoms with Gasteiger partial charge in [0.05, 0.1) is 0 Å². The monoisotopic (exact) mass is 167 g/mol. The number of rotatable bonds is 2. The van der Waals surface area contributed by atoms with Gasteiger partial charge in [-0.15, -0.1) is 0 Å². The number of hydrogen-bond donors (Lipinski definition) is 0. The number of carbonyl (C=O) groups is 1. The molecule has 0 N–H and O–H groups in total. The van der Waals surface area contributed by atoms with Crippen LogP contribution in [0.3, 0.4) is 0 Å². The molecule has 0 aromatic rings. The number of carbonyl (C=O) groups excluding carboxylic acids is 1. The summed E-state index contributed by atoms with van der Waals surface area (Å²) in [5, 5.41) is 0. The quantitative estimate of drug-likeness (QED) is 0.615. The lowest BCUT2D eigenvalue weighted by Crippen LogP contribution is -2.37. The maximum absolute atomic E-state index is 11.5. The van der Waals surface area contributed by atoms with Gasteiger partial charge in [0.1, 0.15) is 0 Å². The summed E-state index contributed by atoms with van der Waals surface area (Å²) in [6.45, 7) is 5.14. The van der Waals surface area contributed by atoms with E-state index < -0.39 is 0 Å². The van der Waals surface area contributed by atoms with E-state index >= 15 is 0 Å². The van der Waals surface area contributed by atoms with Crippen molar-refractivity contribution < 1.29 is 4.79 Å². The van der Waals surface area contributed by atoms with E-state index in [0.29, 0.717) is 6.04 Å². The molecule has 0 radical (unpaired) electrons. The molecule has 1 aliphatic rings. The van der Waals surface area contributed by atoms with Crippen molar-refractivity contribution in [2.75, 3.05) is 6.54 Å². The Morgan fingerprint density at radius 1 is 1.67 bits per heavy atom. The van der Waals surface area contributed by atoms with E-state index in [4.69, 9.17) is 0 Å². The van der Waals surface area contributed by atoms with Crippen LogP contribution >= 0.6 is 0 Å². The molecule has 1 aliphatic heterocycles. The molecule has 2 nitrogen and oxygen atoms in total. The van der Waals surface area contributed by atoms with Gasteiger partial charge in [-0.1, -0.05) is 13.0 Å². The van der Waals surface area contributed by atoms with E-state index in [2.05, 4.69) is 13.8 Å². The van der Waals surface area contributed by atoms with E-state index in [0.717, 1.165) is 25.8 Å². The van der Waals surface area contributed by atoms with Gasteiger partial charge < -0.3 is 4.90 Å². The molecule has 1 heterocycles. The van der Waals surface area contributed by atoms with Crippen LogP contribution in [0, 0.1) is 0 Å². The number of allylic oxidation sites excluding steroid dienone is 1. The maximum Gasteiger partial charge on any atom is 0.246 e. The minimum atomic E-state index is 0.182.